The highest BCUT2D eigenvalue weighted by atomic mass is 32.2. The molecule has 7 nitrogen and oxygen atoms in total. The van der Waals surface area contributed by atoms with Crippen molar-refractivity contribution in [2.24, 2.45) is 4.99 Å². The maximum Gasteiger partial charge on any atom is 0.335 e. The third kappa shape index (κ3) is 4.39. The van der Waals surface area contributed by atoms with Gasteiger partial charge in [-0.25, -0.2) is 19.0 Å². The number of aromatic carboxylic acids is 2. The van der Waals surface area contributed by atoms with Crippen molar-refractivity contribution in [3.63, 3.8) is 0 Å². The molecular weight excluding hydrogens is 375 g/mol. The minimum atomic E-state index is -1.30. The van der Waals surface area contributed by atoms with Gasteiger partial charge in [0.2, 0.25) is 0 Å². The molecule has 0 aliphatic carbocycles. The number of thioether (sulfide) groups is 1. The van der Waals surface area contributed by atoms with Gasteiger partial charge >= 0.3 is 11.9 Å². The lowest BCUT2D eigenvalue weighted by Crippen LogP contribution is -2.19. The third-order valence-corrected chi connectivity index (χ3v) is 4.35. The van der Waals surface area contributed by atoms with Crippen LogP contribution in [0.2, 0.25) is 0 Å². The molecule has 0 radical (unpaired) electrons. The van der Waals surface area contributed by atoms with E-state index in [1.807, 2.05) is 0 Å². The molecule has 1 aliphatic rings. The van der Waals surface area contributed by atoms with Crippen molar-refractivity contribution in [2.75, 3.05) is 0 Å². The van der Waals surface area contributed by atoms with Gasteiger partial charge in [-0.2, -0.15) is 0 Å². The summed E-state index contributed by atoms with van der Waals surface area (Å²) >= 11 is 0.976. The summed E-state index contributed by atoms with van der Waals surface area (Å²) in [5.41, 5.74) is 0.0928. The average Bonchev–Trinajstić information content (AvgIpc) is 2.93. The molecule has 0 unspecified atom stereocenters. The summed E-state index contributed by atoms with van der Waals surface area (Å²) in [6.07, 6.45) is 1.49. The zero-order valence-electron chi connectivity index (χ0n) is 13.5. The Hall–Kier alpha value is -3.46. The first-order chi connectivity index (χ1) is 12.8. The van der Waals surface area contributed by atoms with Crippen molar-refractivity contribution in [3.8, 4) is 0 Å². The molecule has 2 aromatic rings. The fourth-order valence-corrected chi connectivity index (χ4v) is 3.11. The van der Waals surface area contributed by atoms with Crippen molar-refractivity contribution in [2.45, 2.75) is 0 Å². The average molecular weight is 386 g/mol. The number of halogens is 1. The van der Waals surface area contributed by atoms with E-state index in [1.165, 1.54) is 36.4 Å². The maximum atomic E-state index is 13.3. The summed E-state index contributed by atoms with van der Waals surface area (Å²) in [4.78, 5) is 38.7. The zero-order chi connectivity index (χ0) is 19.6. The number of hydrogen-bond donors (Lipinski definition) is 3. The molecule has 0 aromatic heterocycles. The third-order valence-electron chi connectivity index (χ3n) is 3.44. The Morgan fingerprint density at radius 3 is 2.33 bits per heavy atom. The number of nitrogens with one attached hydrogen (secondary N) is 1. The van der Waals surface area contributed by atoms with E-state index in [-0.39, 0.29) is 26.9 Å². The zero-order valence-corrected chi connectivity index (χ0v) is 14.3. The van der Waals surface area contributed by atoms with Gasteiger partial charge in [0.05, 0.1) is 21.7 Å². The fraction of sp³-hybridized carbons (Fsp3) is 0. The summed E-state index contributed by atoms with van der Waals surface area (Å²) in [7, 11) is 0. The molecule has 1 saturated heterocycles. The predicted molar refractivity (Wildman–Crippen MR) is 97.6 cm³/mol. The molecule has 0 bridgehead atoms. The van der Waals surface area contributed by atoms with Crippen molar-refractivity contribution in [1.82, 2.24) is 5.32 Å². The number of nitrogens with zero attached hydrogens (tertiary/aromatic N) is 1. The van der Waals surface area contributed by atoms with Gasteiger partial charge in [-0.1, -0.05) is 12.1 Å². The Balaban J connectivity index is 1.92. The first-order valence-corrected chi connectivity index (χ1v) is 8.30. The van der Waals surface area contributed by atoms with Gasteiger partial charge in [-0.3, -0.25) is 4.79 Å². The van der Waals surface area contributed by atoms with E-state index >= 15 is 0 Å². The molecule has 2 aromatic carbocycles. The number of aliphatic imine (C=N–C) groups is 1. The van der Waals surface area contributed by atoms with Crippen LogP contribution in [0.3, 0.4) is 0 Å². The molecular formula is C18H11FN2O5S. The van der Waals surface area contributed by atoms with Crippen molar-refractivity contribution >= 4 is 46.5 Å². The summed E-state index contributed by atoms with van der Waals surface area (Å²) < 4.78 is 13.3. The Kier molecular flexibility index (Phi) is 5.04. The second kappa shape index (κ2) is 7.42. The molecule has 3 rings (SSSR count). The van der Waals surface area contributed by atoms with E-state index in [9.17, 15) is 18.8 Å². The second-order valence-electron chi connectivity index (χ2n) is 5.42. The predicted octanol–water partition coefficient (Wildman–Crippen LogP) is 3.11. The Morgan fingerprint density at radius 1 is 1.07 bits per heavy atom. The lowest BCUT2D eigenvalue weighted by atomic mass is 10.1. The number of hydrogen-bond acceptors (Lipinski definition) is 5. The minimum absolute atomic E-state index is 0.0714. The molecule has 1 amide bonds. The van der Waals surface area contributed by atoms with E-state index in [0.29, 0.717) is 5.56 Å². The second-order valence-corrected chi connectivity index (χ2v) is 6.45. The molecule has 0 spiro atoms. The van der Waals surface area contributed by atoms with Gasteiger partial charge < -0.3 is 15.5 Å². The molecule has 1 fully saturated rings. The number of benzene rings is 2. The first-order valence-electron chi connectivity index (χ1n) is 7.48. The maximum absolute atomic E-state index is 13.3. The highest BCUT2D eigenvalue weighted by Gasteiger charge is 2.24. The number of amidine groups is 1. The topological polar surface area (TPSA) is 116 Å². The van der Waals surface area contributed by atoms with Crippen LogP contribution in [-0.4, -0.2) is 33.2 Å². The van der Waals surface area contributed by atoms with Gasteiger partial charge in [0.25, 0.3) is 5.91 Å². The standard InChI is InChI=1S/C18H11FN2O5S/c19-12-3-1-2-9(4-12)5-14-15(22)21-18(27-14)20-13-7-10(16(23)24)6-11(8-13)17(25)26/h1-8H,(H,23,24)(H,25,26)(H,20,21,22)/b14-5-. The molecule has 9 heteroatoms. The Labute approximate surface area is 156 Å². The minimum Gasteiger partial charge on any atom is -0.478 e. The summed E-state index contributed by atoms with van der Waals surface area (Å²) in [5, 5.41) is 20.8. The van der Waals surface area contributed by atoms with Gasteiger partial charge in [0.1, 0.15) is 5.82 Å². The van der Waals surface area contributed by atoms with Crippen LogP contribution >= 0.6 is 11.8 Å². The molecule has 1 heterocycles. The van der Waals surface area contributed by atoms with E-state index in [0.717, 1.165) is 17.8 Å². The lowest BCUT2D eigenvalue weighted by molar-refractivity contribution is -0.115. The van der Waals surface area contributed by atoms with Crippen LogP contribution in [0.5, 0.6) is 0 Å². The summed E-state index contributed by atoms with van der Waals surface area (Å²) in [5.74, 6) is -3.48. The van der Waals surface area contributed by atoms with Gasteiger partial charge in [0, 0.05) is 0 Å². The van der Waals surface area contributed by atoms with Crippen molar-refractivity contribution < 1.29 is 29.0 Å². The van der Waals surface area contributed by atoms with Crippen molar-refractivity contribution in [3.05, 3.63) is 69.9 Å². The van der Waals surface area contributed by atoms with Crippen molar-refractivity contribution in [1.29, 1.82) is 0 Å². The summed E-state index contributed by atoms with van der Waals surface area (Å²) in [6.45, 7) is 0. The molecule has 3 N–H and O–H groups in total. The van der Waals surface area contributed by atoms with Crippen LogP contribution in [0.4, 0.5) is 10.1 Å². The highest BCUT2D eigenvalue weighted by molar-refractivity contribution is 8.18. The van der Waals surface area contributed by atoms with Crippen LogP contribution in [0, 0.1) is 5.82 Å². The smallest absolute Gasteiger partial charge is 0.335 e. The fourth-order valence-electron chi connectivity index (χ4n) is 2.27. The largest absolute Gasteiger partial charge is 0.478 e. The quantitative estimate of drug-likeness (QED) is 0.696. The number of amides is 1. The van der Waals surface area contributed by atoms with Crippen LogP contribution in [0.1, 0.15) is 26.3 Å². The van der Waals surface area contributed by atoms with E-state index in [2.05, 4.69) is 10.3 Å². The number of carbonyl (C=O) groups excluding carboxylic acids is 1. The highest BCUT2D eigenvalue weighted by Crippen LogP contribution is 2.29. The van der Waals surface area contributed by atoms with Crippen LogP contribution in [0.25, 0.3) is 6.08 Å². The number of carboxylic acid groups (broad SMARTS) is 2. The van der Waals surface area contributed by atoms with Crippen LogP contribution in [-0.2, 0) is 4.79 Å². The number of rotatable bonds is 4. The van der Waals surface area contributed by atoms with E-state index in [1.54, 1.807) is 6.07 Å². The normalized spacial score (nSPS) is 16.6. The van der Waals surface area contributed by atoms with Gasteiger partial charge in [-0.05, 0) is 53.7 Å². The molecule has 136 valence electrons. The van der Waals surface area contributed by atoms with Crippen LogP contribution < -0.4 is 5.32 Å². The SMILES string of the molecule is O=C1NC(=Nc2cc(C(=O)O)cc(C(=O)O)c2)S/C1=C\c1cccc(F)c1. The Bertz CT molecular complexity index is 1000. The monoisotopic (exact) mass is 386 g/mol. The van der Waals surface area contributed by atoms with E-state index in [4.69, 9.17) is 10.2 Å². The number of carbonyl (C=O) groups is 3. The van der Waals surface area contributed by atoms with Crippen LogP contribution in [0.15, 0.2) is 52.4 Å². The molecule has 0 atom stereocenters. The Morgan fingerprint density at radius 2 is 1.74 bits per heavy atom. The first kappa shape index (κ1) is 18.3. The summed E-state index contributed by atoms with van der Waals surface area (Å²) in [6, 6.07) is 9.11. The molecule has 0 saturated carbocycles. The lowest BCUT2D eigenvalue weighted by Gasteiger charge is -2.02. The molecule has 27 heavy (non-hydrogen) atoms. The number of carboxylic acids is 2. The van der Waals surface area contributed by atoms with Gasteiger partial charge in [0.15, 0.2) is 5.17 Å². The molecule has 1 aliphatic heterocycles. The van der Waals surface area contributed by atoms with Gasteiger partial charge in [-0.15, -0.1) is 0 Å². The van der Waals surface area contributed by atoms with E-state index < -0.39 is 23.7 Å².